The SMILES string of the molecule is CC(=O)O[C@H]1C[C@@H](c2ccccc2[Si](C)(C)C)N(C)O1.[C-]#[O+].[C-]#[O+].[C-]#[O+].[Cr]. The van der Waals surface area contributed by atoms with E-state index >= 15 is 0 Å². The van der Waals surface area contributed by atoms with E-state index in [9.17, 15) is 4.79 Å². The molecule has 0 unspecified atom stereocenters. The Bertz CT molecular complexity index is 612. The Balaban J connectivity index is -0.000000749. The first-order valence-electron chi connectivity index (χ1n) is 7.56. The van der Waals surface area contributed by atoms with Crippen LogP contribution in [0.3, 0.4) is 0 Å². The van der Waals surface area contributed by atoms with Gasteiger partial charge in [0.1, 0.15) is 0 Å². The van der Waals surface area contributed by atoms with Crippen LogP contribution in [-0.4, -0.2) is 32.4 Å². The van der Waals surface area contributed by atoms with Gasteiger partial charge in [-0.3, -0.25) is 9.63 Å². The van der Waals surface area contributed by atoms with Crippen LogP contribution in [0.15, 0.2) is 24.3 Å². The van der Waals surface area contributed by atoms with Gasteiger partial charge in [-0.05, 0) is 5.56 Å². The minimum Gasteiger partial charge on any atom is 0 e. The van der Waals surface area contributed by atoms with Crippen LogP contribution in [0.5, 0.6) is 0 Å². The third-order valence-corrected chi connectivity index (χ3v) is 5.64. The molecule has 1 aromatic carbocycles. The quantitative estimate of drug-likeness (QED) is 0.319. The van der Waals surface area contributed by atoms with E-state index in [0.29, 0.717) is 6.42 Å². The minimum atomic E-state index is -1.42. The summed E-state index contributed by atoms with van der Waals surface area (Å²) in [6.07, 6.45) is 0.203. The maximum atomic E-state index is 11.1. The number of esters is 1. The molecule has 1 saturated heterocycles. The van der Waals surface area contributed by atoms with Crippen molar-refractivity contribution < 1.29 is 45.7 Å². The average Bonchev–Trinajstić information content (AvgIpc) is 2.99. The van der Waals surface area contributed by atoms with Crippen molar-refractivity contribution in [3.8, 4) is 0 Å². The van der Waals surface area contributed by atoms with Gasteiger partial charge < -0.3 is 4.74 Å². The van der Waals surface area contributed by atoms with E-state index in [1.807, 2.05) is 12.1 Å². The number of ether oxygens (including phenoxy) is 1. The predicted octanol–water partition coefficient (Wildman–Crippen LogP) is 2.31. The Kier molecular flexibility index (Phi) is 17.5. The van der Waals surface area contributed by atoms with E-state index in [1.54, 1.807) is 0 Å². The molecule has 2 atom stereocenters. The summed E-state index contributed by atoms with van der Waals surface area (Å²) in [7, 11) is 0.479. The maximum absolute atomic E-state index is 11.1. The van der Waals surface area contributed by atoms with Crippen LogP contribution in [0, 0.1) is 20.0 Å². The molecule has 0 N–H and O–H groups in total. The number of hydrogen-bond donors (Lipinski definition) is 0. The second-order valence-corrected chi connectivity index (χ2v) is 11.3. The predicted molar refractivity (Wildman–Crippen MR) is 93.0 cm³/mol. The average molecular weight is 429 g/mol. The molecular weight excluding hydrogens is 406 g/mol. The van der Waals surface area contributed by atoms with Crippen LogP contribution < -0.4 is 5.19 Å². The molecule has 0 aliphatic carbocycles. The molecule has 0 spiro atoms. The topological polar surface area (TPSA) is 98.5 Å². The number of carbonyl (C=O) groups excluding carboxylic acids is 1. The van der Waals surface area contributed by atoms with E-state index in [1.165, 1.54) is 17.7 Å². The second kappa shape index (κ2) is 15.6. The molecule has 9 heteroatoms. The Morgan fingerprint density at radius 1 is 1.15 bits per heavy atom. The van der Waals surface area contributed by atoms with Gasteiger partial charge in [0.25, 0.3) is 0 Å². The molecule has 1 heterocycles. The normalized spacial score (nSPS) is 17.9. The van der Waals surface area contributed by atoms with Gasteiger partial charge in [-0.2, -0.15) is 5.06 Å². The van der Waals surface area contributed by atoms with E-state index in [-0.39, 0.29) is 29.4 Å². The third kappa shape index (κ3) is 9.90. The molecule has 0 aromatic heterocycles. The van der Waals surface area contributed by atoms with Crippen molar-refractivity contribution in [3.05, 3.63) is 49.8 Å². The first-order chi connectivity index (χ1) is 12.3. The molecule has 146 valence electrons. The molecule has 2 rings (SSSR count). The van der Waals surface area contributed by atoms with Crippen LogP contribution in [0.4, 0.5) is 0 Å². The van der Waals surface area contributed by atoms with Crippen LogP contribution in [0.25, 0.3) is 0 Å². The van der Waals surface area contributed by atoms with Gasteiger partial charge in [0.15, 0.2) is 0 Å². The van der Waals surface area contributed by atoms with Gasteiger partial charge in [0.05, 0.1) is 14.1 Å². The zero-order chi connectivity index (χ0) is 20.9. The van der Waals surface area contributed by atoms with Gasteiger partial charge in [-0.25, -0.2) is 0 Å². The standard InChI is InChI=1S/C15H23NO3Si.3CO.Cr/c1-11(17)18-15-10-13(16(2)19-15)12-8-6-7-9-14(12)20(3,4)5;3*1-2;/h6-9,13,15H,10H2,1-5H3;;;;/t13-,15+;;;;/m0..../s1. The van der Waals surface area contributed by atoms with Gasteiger partial charge in [-0.1, -0.05) is 49.1 Å². The van der Waals surface area contributed by atoms with Crippen molar-refractivity contribution in [2.45, 2.75) is 45.3 Å². The molecule has 0 bridgehead atoms. The van der Waals surface area contributed by atoms with Crippen molar-refractivity contribution >= 4 is 19.2 Å². The van der Waals surface area contributed by atoms with Gasteiger partial charge in [-0.15, -0.1) is 0 Å². The summed E-state index contributed by atoms with van der Waals surface area (Å²) < 4.78 is 27.7. The number of benzene rings is 1. The van der Waals surface area contributed by atoms with Crippen molar-refractivity contribution in [1.29, 1.82) is 0 Å². The zero-order valence-electron chi connectivity index (χ0n) is 16.0. The molecule has 1 aromatic rings. The smallest absolute Gasteiger partial charge is 0 e. The molecule has 0 amide bonds. The first kappa shape index (κ1) is 30.3. The number of carbonyl (C=O) groups is 1. The summed E-state index contributed by atoms with van der Waals surface area (Å²) in [4.78, 5) is 16.7. The van der Waals surface area contributed by atoms with Crippen LogP contribution in [0.1, 0.15) is 24.9 Å². The number of nitrogens with zero attached hydrogens (tertiary/aromatic N) is 1. The molecule has 7 nitrogen and oxygen atoms in total. The number of hydroxylamine groups is 2. The molecule has 0 saturated carbocycles. The zero-order valence-corrected chi connectivity index (χ0v) is 18.3. The van der Waals surface area contributed by atoms with E-state index in [0.717, 1.165) is 0 Å². The van der Waals surface area contributed by atoms with Crippen LogP contribution in [-0.2, 0) is 45.7 Å². The van der Waals surface area contributed by atoms with Gasteiger partial charge in [0.2, 0.25) is 6.29 Å². The summed E-state index contributed by atoms with van der Waals surface area (Å²) in [6.45, 7) is 21.9. The van der Waals surface area contributed by atoms with Gasteiger partial charge in [0, 0.05) is 37.8 Å². The molecule has 27 heavy (non-hydrogen) atoms. The van der Waals surface area contributed by atoms with Crippen LogP contribution in [0.2, 0.25) is 19.6 Å². The molecule has 1 aliphatic heterocycles. The molecule has 0 radical (unpaired) electrons. The van der Waals surface area contributed by atoms with Crippen molar-refractivity contribution in [3.63, 3.8) is 0 Å². The first-order valence-corrected chi connectivity index (χ1v) is 11.1. The Labute approximate surface area is 172 Å². The monoisotopic (exact) mass is 429 g/mol. The van der Waals surface area contributed by atoms with E-state index in [2.05, 4.69) is 63.9 Å². The summed E-state index contributed by atoms with van der Waals surface area (Å²) in [6, 6.07) is 8.67. The Hall–Kier alpha value is -1.42. The summed E-state index contributed by atoms with van der Waals surface area (Å²) in [5.41, 5.74) is 1.30. The Morgan fingerprint density at radius 3 is 2.07 bits per heavy atom. The minimum absolute atomic E-state index is 0. The fourth-order valence-electron chi connectivity index (χ4n) is 2.68. The second-order valence-electron chi connectivity index (χ2n) is 6.28. The van der Waals surface area contributed by atoms with Crippen molar-refractivity contribution in [2.24, 2.45) is 0 Å². The summed E-state index contributed by atoms with van der Waals surface area (Å²) >= 11 is 0. The summed E-state index contributed by atoms with van der Waals surface area (Å²) in [5, 5.41) is 3.25. The van der Waals surface area contributed by atoms with E-state index < -0.39 is 14.4 Å². The number of hydrogen-bond acceptors (Lipinski definition) is 4. The maximum Gasteiger partial charge on any atom is 0 e. The third-order valence-electron chi connectivity index (χ3n) is 3.56. The van der Waals surface area contributed by atoms with Crippen molar-refractivity contribution in [1.82, 2.24) is 5.06 Å². The van der Waals surface area contributed by atoms with Crippen molar-refractivity contribution in [2.75, 3.05) is 7.05 Å². The largest absolute Gasteiger partial charge is 0 e. The number of rotatable bonds is 3. The molecular formula is C18H23CrNO6Si. The van der Waals surface area contributed by atoms with Gasteiger partial charge >= 0.3 is 39.9 Å². The summed E-state index contributed by atoms with van der Waals surface area (Å²) in [5.74, 6) is -0.303. The Morgan fingerprint density at radius 2 is 1.63 bits per heavy atom. The molecule has 1 fully saturated rings. The molecule has 1 aliphatic rings. The van der Waals surface area contributed by atoms with E-state index in [4.69, 9.17) is 23.5 Å². The van der Waals surface area contributed by atoms with Crippen LogP contribution >= 0.6 is 0 Å². The fourth-order valence-corrected chi connectivity index (χ4v) is 4.39. The fraction of sp³-hybridized carbons (Fsp3) is 0.444.